The average molecular weight is 390 g/mol. The van der Waals surface area contributed by atoms with Crippen LogP contribution in [-0.2, 0) is 9.59 Å². The van der Waals surface area contributed by atoms with E-state index in [4.69, 9.17) is 4.74 Å². The SMILES string of the molecule is COc1cccc(N2CC(C(=O)Nc3cccc(OC(F)F)c3C)CC2=O)c1. The number of nitrogens with one attached hydrogen (secondary N) is 1. The Kier molecular flexibility index (Phi) is 5.77. The lowest BCUT2D eigenvalue weighted by Gasteiger charge is -2.18. The number of alkyl halides is 2. The van der Waals surface area contributed by atoms with E-state index in [9.17, 15) is 18.4 Å². The van der Waals surface area contributed by atoms with Crippen LogP contribution in [0.15, 0.2) is 42.5 Å². The highest BCUT2D eigenvalue weighted by Crippen LogP contribution is 2.30. The molecule has 2 aromatic carbocycles. The number of benzene rings is 2. The van der Waals surface area contributed by atoms with E-state index < -0.39 is 12.5 Å². The Morgan fingerprint density at radius 2 is 2.00 bits per heavy atom. The van der Waals surface area contributed by atoms with Gasteiger partial charge in [0.2, 0.25) is 11.8 Å². The molecule has 0 radical (unpaired) electrons. The summed E-state index contributed by atoms with van der Waals surface area (Å²) in [6.07, 6.45) is 0.0648. The fourth-order valence-corrected chi connectivity index (χ4v) is 3.12. The van der Waals surface area contributed by atoms with Crippen molar-refractivity contribution < 1.29 is 27.8 Å². The van der Waals surface area contributed by atoms with E-state index in [0.717, 1.165) is 0 Å². The molecule has 148 valence electrons. The Bertz CT molecular complexity index is 888. The molecule has 1 aliphatic heterocycles. The van der Waals surface area contributed by atoms with Crippen LogP contribution in [0.4, 0.5) is 20.2 Å². The van der Waals surface area contributed by atoms with Crippen LogP contribution in [0.5, 0.6) is 11.5 Å². The number of carbonyl (C=O) groups is 2. The number of hydrogen-bond acceptors (Lipinski definition) is 4. The van der Waals surface area contributed by atoms with E-state index in [-0.39, 0.29) is 30.5 Å². The molecule has 2 amide bonds. The molecule has 1 aliphatic rings. The minimum Gasteiger partial charge on any atom is -0.497 e. The van der Waals surface area contributed by atoms with Crippen molar-refractivity contribution >= 4 is 23.2 Å². The van der Waals surface area contributed by atoms with Crippen molar-refractivity contribution in [2.75, 3.05) is 23.9 Å². The molecule has 0 bridgehead atoms. The molecule has 6 nitrogen and oxygen atoms in total. The summed E-state index contributed by atoms with van der Waals surface area (Å²) in [4.78, 5) is 26.6. The first kappa shape index (κ1) is 19.6. The molecule has 1 saturated heterocycles. The Labute approximate surface area is 161 Å². The number of anilines is 2. The van der Waals surface area contributed by atoms with Crippen molar-refractivity contribution in [3.05, 3.63) is 48.0 Å². The fourth-order valence-electron chi connectivity index (χ4n) is 3.12. The van der Waals surface area contributed by atoms with Gasteiger partial charge in [-0.2, -0.15) is 8.78 Å². The van der Waals surface area contributed by atoms with E-state index >= 15 is 0 Å². The number of hydrogen-bond donors (Lipinski definition) is 1. The molecule has 0 saturated carbocycles. The monoisotopic (exact) mass is 390 g/mol. The van der Waals surface area contributed by atoms with Gasteiger partial charge in [-0.15, -0.1) is 0 Å². The van der Waals surface area contributed by atoms with Crippen LogP contribution < -0.4 is 19.7 Å². The first-order chi connectivity index (χ1) is 13.4. The van der Waals surface area contributed by atoms with Gasteiger partial charge in [0.05, 0.1) is 13.0 Å². The van der Waals surface area contributed by atoms with Crippen molar-refractivity contribution in [2.24, 2.45) is 5.92 Å². The van der Waals surface area contributed by atoms with Crippen molar-refractivity contribution in [3.8, 4) is 11.5 Å². The Hall–Kier alpha value is -3.16. The normalized spacial score (nSPS) is 16.4. The van der Waals surface area contributed by atoms with Gasteiger partial charge in [-0.3, -0.25) is 9.59 Å². The third kappa shape index (κ3) is 4.21. The Balaban J connectivity index is 1.71. The van der Waals surface area contributed by atoms with Gasteiger partial charge in [0, 0.05) is 36.0 Å². The molecule has 1 heterocycles. The smallest absolute Gasteiger partial charge is 0.387 e. The van der Waals surface area contributed by atoms with Crippen molar-refractivity contribution in [3.63, 3.8) is 0 Å². The van der Waals surface area contributed by atoms with Gasteiger partial charge in [-0.1, -0.05) is 12.1 Å². The summed E-state index contributed by atoms with van der Waals surface area (Å²) in [6.45, 7) is -1.15. The zero-order valence-electron chi connectivity index (χ0n) is 15.4. The van der Waals surface area contributed by atoms with Gasteiger partial charge in [0.15, 0.2) is 0 Å². The van der Waals surface area contributed by atoms with E-state index in [1.165, 1.54) is 24.1 Å². The summed E-state index contributed by atoms with van der Waals surface area (Å²) in [6, 6.07) is 11.6. The summed E-state index contributed by atoms with van der Waals surface area (Å²) in [5, 5.41) is 2.71. The lowest BCUT2D eigenvalue weighted by atomic mass is 10.1. The van der Waals surface area contributed by atoms with Crippen molar-refractivity contribution in [1.29, 1.82) is 0 Å². The quantitative estimate of drug-likeness (QED) is 0.819. The minimum absolute atomic E-state index is 0.00620. The predicted molar refractivity (Wildman–Crippen MR) is 99.9 cm³/mol. The summed E-state index contributed by atoms with van der Waals surface area (Å²) < 4.78 is 34.6. The number of rotatable bonds is 6. The second-order valence-corrected chi connectivity index (χ2v) is 6.40. The maximum Gasteiger partial charge on any atom is 0.387 e. The Morgan fingerprint density at radius 1 is 1.25 bits per heavy atom. The van der Waals surface area contributed by atoms with Crippen LogP contribution in [0.1, 0.15) is 12.0 Å². The number of amides is 2. The number of nitrogens with zero attached hydrogens (tertiary/aromatic N) is 1. The zero-order chi connectivity index (χ0) is 20.3. The maximum atomic E-state index is 12.6. The molecule has 1 fully saturated rings. The maximum absolute atomic E-state index is 12.6. The number of methoxy groups -OCH3 is 1. The molecular formula is C20H20F2N2O4. The molecule has 1 N–H and O–H groups in total. The van der Waals surface area contributed by atoms with Crippen LogP contribution >= 0.6 is 0 Å². The van der Waals surface area contributed by atoms with Crippen molar-refractivity contribution in [2.45, 2.75) is 20.0 Å². The molecule has 2 aromatic rings. The van der Waals surface area contributed by atoms with Crippen molar-refractivity contribution in [1.82, 2.24) is 0 Å². The summed E-state index contributed by atoms with van der Waals surface area (Å²) in [5.41, 5.74) is 1.42. The number of halogens is 2. The minimum atomic E-state index is -2.95. The molecule has 28 heavy (non-hydrogen) atoms. The summed E-state index contributed by atoms with van der Waals surface area (Å²) in [5.74, 6) is -0.466. The first-order valence-corrected chi connectivity index (χ1v) is 8.68. The zero-order valence-corrected chi connectivity index (χ0v) is 15.4. The van der Waals surface area contributed by atoms with Crippen LogP contribution in [0.25, 0.3) is 0 Å². The first-order valence-electron chi connectivity index (χ1n) is 8.68. The van der Waals surface area contributed by atoms with E-state index in [1.807, 2.05) is 0 Å². The average Bonchev–Trinajstić information content (AvgIpc) is 3.06. The summed E-state index contributed by atoms with van der Waals surface area (Å²) >= 11 is 0. The fraction of sp³-hybridized carbons (Fsp3) is 0.300. The standard InChI is InChI=1S/C20H20F2N2O4/c1-12-16(7-4-8-17(12)28-20(21)22)23-19(26)13-9-18(25)24(11-13)14-5-3-6-15(10-14)27-2/h3-8,10,13,20H,9,11H2,1-2H3,(H,23,26). The van der Waals surface area contributed by atoms with Gasteiger partial charge >= 0.3 is 6.61 Å². The van der Waals surface area contributed by atoms with E-state index in [0.29, 0.717) is 22.7 Å². The third-order valence-corrected chi connectivity index (χ3v) is 4.62. The van der Waals surface area contributed by atoms with Gasteiger partial charge < -0.3 is 19.7 Å². The number of ether oxygens (including phenoxy) is 2. The molecule has 1 atom stereocenters. The lowest BCUT2D eigenvalue weighted by molar-refractivity contribution is -0.122. The molecule has 8 heteroatoms. The predicted octanol–water partition coefficient (Wildman–Crippen LogP) is 3.60. The Morgan fingerprint density at radius 3 is 2.71 bits per heavy atom. The lowest BCUT2D eigenvalue weighted by Crippen LogP contribution is -2.28. The molecule has 1 unspecified atom stereocenters. The third-order valence-electron chi connectivity index (χ3n) is 4.62. The van der Waals surface area contributed by atoms with Gasteiger partial charge in [-0.05, 0) is 31.2 Å². The highest BCUT2D eigenvalue weighted by Gasteiger charge is 2.35. The molecule has 0 aromatic heterocycles. The molecule has 0 spiro atoms. The highest BCUT2D eigenvalue weighted by molar-refractivity contribution is 6.03. The molecule has 3 rings (SSSR count). The topological polar surface area (TPSA) is 67.9 Å². The van der Waals surface area contributed by atoms with Gasteiger partial charge in [-0.25, -0.2) is 0 Å². The molecule has 0 aliphatic carbocycles. The molecular weight excluding hydrogens is 370 g/mol. The van der Waals surface area contributed by atoms with E-state index in [1.54, 1.807) is 37.3 Å². The largest absolute Gasteiger partial charge is 0.497 e. The van der Waals surface area contributed by atoms with Crippen LogP contribution in [-0.4, -0.2) is 32.1 Å². The van der Waals surface area contributed by atoms with Gasteiger partial charge in [0.1, 0.15) is 11.5 Å². The van der Waals surface area contributed by atoms with Crippen LogP contribution in [0.2, 0.25) is 0 Å². The van der Waals surface area contributed by atoms with Crippen LogP contribution in [0, 0.1) is 12.8 Å². The second kappa shape index (κ2) is 8.24. The highest BCUT2D eigenvalue weighted by atomic mass is 19.3. The van der Waals surface area contributed by atoms with Crippen LogP contribution in [0.3, 0.4) is 0 Å². The van der Waals surface area contributed by atoms with E-state index in [2.05, 4.69) is 10.1 Å². The summed E-state index contributed by atoms with van der Waals surface area (Å²) in [7, 11) is 1.54. The van der Waals surface area contributed by atoms with Gasteiger partial charge in [0.25, 0.3) is 0 Å². The second-order valence-electron chi connectivity index (χ2n) is 6.40. The number of carbonyl (C=O) groups excluding carboxylic acids is 2.